The van der Waals surface area contributed by atoms with Crippen LogP contribution in [0.1, 0.15) is 51.8 Å². The molecule has 2 N–H and O–H groups in total. The van der Waals surface area contributed by atoms with E-state index in [1.165, 1.54) is 0 Å². The summed E-state index contributed by atoms with van der Waals surface area (Å²) in [6.45, 7) is 12.1. The molecule has 1 aromatic carbocycles. The van der Waals surface area contributed by atoms with Crippen molar-refractivity contribution in [3.8, 4) is 6.07 Å². The van der Waals surface area contributed by atoms with Gasteiger partial charge in [0, 0.05) is 11.8 Å². The van der Waals surface area contributed by atoms with Crippen LogP contribution in [0.2, 0.25) is 0 Å². The van der Waals surface area contributed by atoms with Crippen molar-refractivity contribution in [3.63, 3.8) is 0 Å². The summed E-state index contributed by atoms with van der Waals surface area (Å²) in [5.74, 6) is -1.12. The molecule has 0 aliphatic heterocycles. The number of hydrogen-bond donors (Lipinski definition) is 3. The van der Waals surface area contributed by atoms with Crippen LogP contribution >= 0.6 is 12.6 Å². The third-order valence-electron chi connectivity index (χ3n) is 4.15. The maximum atomic E-state index is 13.4. The van der Waals surface area contributed by atoms with Gasteiger partial charge in [-0.1, -0.05) is 30.9 Å². The fourth-order valence-electron chi connectivity index (χ4n) is 2.90. The van der Waals surface area contributed by atoms with Crippen LogP contribution in [0.3, 0.4) is 0 Å². The number of carbonyl (C=O) groups excluding carboxylic acids is 3. The zero-order valence-corrected chi connectivity index (χ0v) is 20.1. The van der Waals surface area contributed by atoms with Crippen molar-refractivity contribution in [1.29, 1.82) is 5.26 Å². The first-order valence-electron chi connectivity index (χ1n) is 10.2. The summed E-state index contributed by atoms with van der Waals surface area (Å²) in [5, 5.41) is 14.7. The third kappa shape index (κ3) is 8.27. The first-order valence-corrected chi connectivity index (χ1v) is 10.9. The Morgan fingerprint density at radius 1 is 1.28 bits per heavy atom. The standard InChI is InChI=1S/C23H32N4O4S/c1-7-16-9-8-10-17(13-16)19(20(28)25-15(2)3)27(12-11-24)21(29)18(14-32)26-22(30)31-23(4,5)6/h7-10,13,15,18-19,32H,1,12,14H2,2-6H3,(H,25,28)(H,26,30). The van der Waals surface area contributed by atoms with Crippen molar-refractivity contribution < 1.29 is 19.1 Å². The van der Waals surface area contributed by atoms with Gasteiger partial charge in [-0.2, -0.15) is 17.9 Å². The number of hydrogen-bond acceptors (Lipinski definition) is 6. The average molecular weight is 461 g/mol. The number of benzene rings is 1. The molecule has 2 unspecified atom stereocenters. The Labute approximate surface area is 195 Å². The van der Waals surface area contributed by atoms with Crippen LogP contribution in [-0.2, 0) is 14.3 Å². The summed E-state index contributed by atoms with van der Waals surface area (Å²) in [7, 11) is 0. The molecule has 0 radical (unpaired) electrons. The molecule has 32 heavy (non-hydrogen) atoms. The van der Waals surface area contributed by atoms with Crippen molar-refractivity contribution in [1.82, 2.24) is 15.5 Å². The normalized spacial score (nSPS) is 12.8. The first-order chi connectivity index (χ1) is 14.9. The Hall–Kier alpha value is -2.99. The quantitative estimate of drug-likeness (QED) is 0.387. The number of thiol groups is 1. The molecular weight excluding hydrogens is 428 g/mol. The molecule has 3 amide bonds. The van der Waals surface area contributed by atoms with E-state index < -0.39 is 35.6 Å². The minimum atomic E-state index is -1.10. The molecule has 0 heterocycles. The molecule has 0 aromatic heterocycles. The lowest BCUT2D eigenvalue weighted by molar-refractivity contribution is -0.141. The lowest BCUT2D eigenvalue weighted by atomic mass is 10.0. The zero-order chi connectivity index (χ0) is 24.5. The minimum Gasteiger partial charge on any atom is -0.444 e. The highest BCUT2D eigenvalue weighted by atomic mass is 32.1. The van der Waals surface area contributed by atoms with Gasteiger partial charge in [0.25, 0.3) is 0 Å². The lowest BCUT2D eigenvalue weighted by Gasteiger charge is -2.33. The summed E-state index contributed by atoms with van der Waals surface area (Å²) in [6.07, 6.45) is 0.830. The van der Waals surface area contributed by atoms with Crippen molar-refractivity contribution in [2.75, 3.05) is 12.3 Å². The largest absolute Gasteiger partial charge is 0.444 e. The van der Waals surface area contributed by atoms with Gasteiger partial charge in [0.1, 0.15) is 24.2 Å². The van der Waals surface area contributed by atoms with Crippen LogP contribution in [0.5, 0.6) is 0 Å². The number of amides is 3. The van der Waals surface area contributed by atoms with Crippen LogP contribution in [0.15, 0.2) is 30.8 Å². The molecular formula is C23H32N4O4S. The highest BCUT2D eigenvalue weighted by Crippen LogP contribution is 2.24. The van der Waals surface area contributed by atoms with Gasteiger partial charge in [0.15, 0.2) is 0 Å². The predicted octanol–water partition coefficient (Wildman–Crippen LogP) is 3.07. The SMILES string of the molecule is C=Cc1cccc(C(C(=O)NC(C)C)N(CC#N)C(=O)C(CS)NC(=O)OC(C)(C)C)c1. The maximum absolute atomic E-state index is 13.4. The smallest absolute Gasteiger partial charge is 0.408 e. The van der Waals surface area contributed by atoms with E-state index in [1.807, 2.05) is 12.1 Å². The summed E-state index contributed by atoms with van der Waals surface area (Å²) in [6, 6.07) is 6.55. The molecule has 1 aromatic rings. The Morgan fingerprint density at radius 2 is 1.94 bits per heavy atom. The molecule has 0 aliphatic rings. The van der Waals surface area contributed by atoms with Crippen molar-refractivity contribution in [3.05, 3.63) is 42.0 Å². The summed E-state index contributed by atoms with van der Waals surface area (Å²) >= 11 is 4.18. The number of rotatable bonds is 9. The van der Waals surface area contributed by atoms with Gasteiger partial charge in [-0.05, 0) is 51.8 Å². The second kappa shape index (κ2) is 12.2. The van der Waals surface area contributed by atoms with Gasteiger partial charge < -0.3 is 20.3 Å². The molecule has 9 heteroatoms. The Balaban J connectivity index is 3.37. The van der Waals surface area contributed by atoms with E-state index in [2.05, 4.69) is 29.8 Å². The molecule has 0 fully saturated rings. The minimum absolute atomic E-state index is 0.0504. The average Bonchev–Trinajstić information content (AvgIpc) is 2.69. The van der Waals surface area contributed by atoms with Crippen LogP contribution < -0.4 is 10.6 Å². The van der Waals surface area contributed by atoms with E-state index in [4.69, 9.17) is 4.74 Å². The van der Waals surface area contributed by atoms with Crippen LogP contribution in [-0.4, -0.2) is 52.8 Å². The van der Waals surface area contributed by atoms with E-state index in [0.717, 1.165) is 10.5 Å². The summed E-state index contributed by atoms with van der Waals surface area (Å²) in [4.78, 5) is 39.9. The van der Waals surface area contributed by atoms with Crippen LogP contribution in [0.4, 0.5) is 4.79 Å². The van der Waals surface area contributed by atoms with E-state index in [-0.39, 0.29) is 18.3 Å². The van der Waals surface area contributed by atoms with Crippen molar-refractivity contribution in [2.45, 2.75) is 58.3 Å². The van der Waals surface area contributed by atoms with E-state index >= 15 is 0 Å². The Bertz CT molecular complexity index is 873. The van der Waals surface area contributed by atoms with Gasteiger partial charge >= 0.3 is 6.09 Å². The number of nitrogens with zero attached hydrogens (tertiary/aromatic N) is 2. The van der Waals surface area contributed by atoms with Gasteiger partial charge in [0.2, 0.25) is 11.8 Å². The predicted molar refractivity (Wildman–Crippen MR) is 127 cm³/mol. The molecule has 0 aliphatic carbocycles. The van der Waals surface area contributed by atoms with E-state index in [1.54, 1.807) is 58.9 Å². The lowest BCUT2D eigenvalue weighted by Crippen LogP contribution is -2.54. The number of carbonyl (C=O) groups is 3. The van der Waals surface area contributed by atoms with E-state index in [9.17, 15) is 19.6 Å². The fraction of sp³-hybridized carbons (Fsp3) is 0.478. The van der Waals surface area contributed by atoms with Crippen molar-refractivity contribution >= 4 is 36.6 Å². The van der Waals surface area contributed by atoms with Gasteiger partial charge in [-0.25, -0.2) is 4.79 Å². The van der Waals surface area contributed by atoms with E-state index in [0.29, 0.717) is 5.56 Å². The maximum Gasteiger partial charge on any atom is 0.408 e. The van der Waals surface area contributed by atoms with Crippen LogP contribution in [0, 0.1) is 11.3 Å². The molecule has 8 nitrogen and oxygen atoms in total. The molecule has 0 spiro atoms. The number of nitrogens with one attached hydrogen (secondary N) is 2. The fourth-order valence-corrected chi connectivity index (χ4v) is 3.15. The molecule has 174 valence electrons. The summed E-state index contributed by atoms with van der Waals surface area (Å²) < 4.78 is 5.23. The monoisotopic (exact) mass is 460 g/mol. The van der Waals surface area contributed by atoms with Gasteiger partial charge in [-0.15, -0.1) is 0 Å². The molecule has 0 bridgehead atoms. The third-order valence-corrected chi connectivity index (χ3v) is 4.51. The first kappa shape index (κ1) is 27.0. The Kier molecular flexibility index (Phi) is 10.3. The molecule has 0 saturated carbocycles. The topological polar surface area (TPSA) is 112 Å². The van der Waals surface area contributed by atoms with Crippen molar-refractivity contribution in [2.24, 2.45) is 0 Å². The second-order valence-electron chi connectivity index (χ2n) is 8.45. The Morgan fingerprint density at radius 3 is 2.44 bits per heavy atom. The van der Waals surface area contributed by atoms with Gasteiger partial charge in [-0.3, -0.25) is 9.59 Å². The van der Waals surface area contributed by atoms with Crippen LogP contribution in [0.25, 0.3) is 6.08 Å². The highest BCUT2D eigenvalue weighted by Gasteiger charge is 2.36. The zero-order valence-electron chi connectivity index (χ0n) is 19.2. The number of ether oxygens (including phenoxy) is 1. The number of alkyl carbamates (subject to hydrolysis) is 1. The molecule has 1 rings (SSSR count). The number of nitriles is 1. The summed E-state index contributed by atoms with van der Waals surface area (Å²) in [5.41, 5.74) is 0.511. The molecule has 0 saturated heterocycles. The van der Waals surface area contributed by atoms with Gasteiger partial charge in [0.05, 0.1) is 6.07 Å². The molecule has 2 atom stereocenters. The highest BCUT2D eigenvalue weighted by molar-refractivity contribution is 7.80. The second-order valence-corrected chi connectivity index (χ2v) is 8.81.